The van der Waals surface area contributed by atoms with Crippen LogP contribution in [0.4, 0.5) is 5.69 Å². The Morgan fingerprint density at radius 2 is 1.90 bits per heavy atom. The summed E-state index contributed by atoms with van der Waals surface area (Å²) in [6.07, 6.45) is 0.755. The molecular formula is C16H23N2O3-. The van der Waals surface area contributed by atoms with Gasteiger partial charge in [0.2, 0.25) is 5.91 Å². The molecule has 0 heterocycles. The van der Waals surface area contributed by atoms with Gasteiger partial charge in [0.25, 0.3) is 0 Å². The zero-order valence-corrected chi connectivity index (χ0v) is 13.0. The van der Waals surface area contributed by atoms with Crippen LogP contribution in [0.25, 0.3) is 0 Å². The molecule has 1 rings (SSSR count). The van der Waals surface area contributed by atoms with Gasteiger partial charge in [-0.3, -0.25) is 4.79 Å². The maximum atomic E-state index is 12.2. The number of benzene rings is 1. The number of nitrogens with one attached hydrogen (secondary N) is 1. The van der Waals surface area contributed by atoms with Crippen molar-refractivity contribution in [2.75, 3.05) is 5.73 Å². The molecule has 5 nitrogen and oxygen atoms in total. The van der Waals surface area contributed by atoms with Gasteiger partial charge in [-0.15, -0.1) is 0 Å². The van der Waals surface area contributed by atoms with Crippen LogP contribution in [0.5, 0.6) is 0 Å². The van der Waals surface area contributed by atoms with E-state index in [0.717, 1.165) is 6.42 Å². The smallest absolute Gasteiger partial charge is 0.223 e. The Hall–Kier alpha value is -2.04. The number of carbonyl (C=O) groups excluding carboxylic acids is 2. The quantitative estimate of drug-likeness (QED) is 0.776. The molecule has 0 aliphatic heterocycles. The predicted molar refractivity (Wildman–Crippen MR) is 80.4 cm³/mol. The zero-order valence-electron chi connectivity index (χ0n) is 13.0. The number of carboxylic acid groups (broad SMARTS) is 1. The van der Waals surface area contributed by atoms with Crippen molar-refractivity contribution in [3.05, 3.63) is 29.3 Å². The van der Waals surface area contributed by atoms with Gasteiger partial charge in [-0.2, -0.15) is 0 Å². The fraction of sp³-hybridized carbons (Fsp3) is 0.500. The Morgan fingerprint density at radius 3 is 2.38 bits per heavy atom. The zero-order chi connectivity index (χ0) is 16.2. The second-order valence-corrected chi connectivity index (χ2v) is 5.62. The number of nitrogen functional groups attached to an aromatic ring is 1. The molecule has 0 aliphatic rings. The Bertz CT molecular complexity index is 526. The summed E-state index contributed by atoms with van der Waals surface area (Å²) in [4.78, 5) is 23.2. The molecule has 0 aliphatic carbocycles. The third-order valence-electron chi connectivity index (χ3n) is 3.73. The van der Waals surface area contributed by atoms with Crippen LogP contribution in [0.15, 0.2) is 18.2 Å². The molecule has 0 radical (unpaired) electrons. The number of amides is 1. The van der Waals surface area contributed by atoms with Crippen LogP contribution >= 0.6 is 0 Å². The van der Waals surface area contributed by atoms with E-state index in [2.05, 4.69) is 5.32 Å². The van der Waals surface area contributed by atoms with Crippen LogP contribution in [0, 0.1) is 11.8 Å². The van der Waals surface area contributed by atoms with Gasteiger partial charge in [-0.1, -0.05) is 26.8 Å². The van der Waals surface area contributed by atoms with Gasteiger partial charge in [0.05, 0.1) is 12.0 Å². The van der Waals surface area contributed by atoms with Crippen molar-refractivity contribution in [3.63, 3.8) is 0 Å². The van der Waals surface area contributed by atoms with Crippen molar-refractivity contribution in [3.8, 4) is 0 Å². The highest BCUT2D eigenvalue weighted by molar-refractivity contribution is 5.87. The monoisotopic (exact) mass is 291 g/mol. The third kappa shape index (κ3) is 4.21. The lowest BCUT2D eigenvalue weighted by Crippen LogP contribution is -2.35. The molecule has 3 N–H and O–H groups in total. The molecule has 1 aromatic rings. The van der Waals surface area contributed by atoms with E-state index in [1.54, 1.807) is 6.92 Å². The Balaban J connectivity index is 2.93. The number of aromatic carboxylic acids is 1. The standard InChI is InChI=1S/C16H24N2O3/c1-5-12(9(2)3)15(19)18-10(4)13-8-11(16(20)21)6-7-14(13)17/h6-10,12H,5,17H2,1-4H3,(H,18,19)(H,20,21)/p-1. The summed E-state index contributed by atoms with van der Waals surface area (Å²) in [5.74, 6) is -1.13. The predicted octanol–water partition coefficient (Wildman–Crippen LogP) is 1.49. The van der Waals surface area contributed by atoms with Gasteiger partial charge < -0.3 is 21.0 Å². The number of nitrogens with two attached hydrogens (primary N) is 1. The Labute approximate surface area is 125 Å². The number of carbonyl (C=O) groups is 2. The van der Waals surface area contributed by atoms with Crippen molar-refractivity contribution in [2.45, 2.75) is 40.2 Å². The molecule has 0 fully saturated rings. The summed E-state index contributed by atoms with van der Waals surface area (Å²) >= 11 is 0. The summed E-state index contributed by atoms with van der Waals surface area (Å²) in [6.45, 7) is 7.77. The van der Waals surface area contributed by atoms with E-state index in [4.69, 9.17) is 5.73 Å². The average Bonchev–Trinajstić information content (AvgIpc) is 2.38. The van der Waals surface area contributed by atoms with Crippen LogP contribution < -0.4 is 16.2 Å². The number of carboxylic acids is 1. The minimum Gasteiger partial charge on any atom is -0.545 e. The van der Waals surface area contributed by atoms with Crippen molar-refractivity contribution < 1.29 is 14.7 Å². The lowest BCUT2D eigenvalue weighted by molar-refractivity contribution is -0.255. The van der Waals surface area contributed by atoms with E-state index >= 15 is 0 Å². The van der Waals surface area contributed by atoms with Crippen molar-refractivity contribution >= 4 is 17.6 Å². The number of anilines is 1. The summed E-state index contributed by atoms with van der Waals surface area (Å²) in [6, 6.07) is 4.00. The highest BCUT2D eigenvalue weighted by Crippen LogP contribution is 2.23. The summed E-state index contributed by atoms with van der Waals surface area (Å²) in [7, 11) is 0. The minimum absolute atomic E-state index is 0.0433. The first-order chi connectivity index (χ1) is 9.77. The van der Waals surface area contributed by atoms with E-state index in [-0.39, 0.29) is 29.3 Å². The average molecular weight is 291 g/mol. The van der Waals surface area contributed by atoms with E-state index in [1.807, 2.05) is 20.8 Å². The van der Waals surface area contributed by atoms with Crippen LogP contribution in [-0.4, -0.2) is 11.9 Å². The molecule has 1 amide bonds. The molecular weight excluding hydrogens is 268 g/mol. The van der Waals surface area contributed by atoms with Gasteiger partial charge in [-0.25, -0.2) is 0 Å². The molecule has 2 unspecified atom stereocenters. The maximum absolute atomic E-state index is 12.2. The molecule has 0 saturated carbocycles. The van der Waals surface area contributed by atoms with Crippen LogP contribution in [0.1, 0.15) is 56.1 Å². The highest BCUT2D eigenvalue weighted by atomic mass is 16.4. The van der Waals surface area contributed by atoms with E-state index in [0.29, 0.717) is 11.3 Å². The molecule has 21 heavy (non-hydrogen) atoms. The number of hydrogen-bond acceptors (Lipinski definition) is 4. The molecule has 5 heteroatoms. The van der Waals surface area contributed by atoms with Gasteiger partial charge in [0.1, 0.15) is 0 Å². The fourth-order valence-corrected chi connectivity index (χ4v) is 2.43. The van der Waals surface area contributed by atoms with Crippen LogP contribution in [-0.2, 0) is 4.79 Å². The van der Waals surface area contributed by atoms with E-state index < -0.39 is 5.97 Å². The molecule has 0 saturated heterocycles. The van der Waals surface area contributed by atoms with Gasteiger partial charge >= 0.3 is 0 Å². The van der Waals surface area contributed by atoms with Crippen molar-refractivity contribution in [2.24, 2.45) is 11.8 Å². The van der Waals surface area contributed by atoms with Gasteiger partial charge in [-0.05, 0) is 42.5 Å². The SMILES string of the molecule is CCC(C(=O)NC(C)c1cc(C(=O)[O-])ccc1N)C(C)C. The second kappa shape index (κ2) is 7.11. The first kappa shape index (κ1) is 17.0. The number of hydrogen-bond donors (Lipinski definition) is 2. The van der Waals surface area contributed by atoms with Crippen molar-refractivity contribution in [1.29, 1.82) is 0 Å². The summed E-state index contributed by atoms with van der Waals surface area (Å²) in [5, 5.41) is 13.8. The van der Waals surface area contributed by atoms with Gasteiger partial charge in [0.15, 0.2) is 0 Å². The highest BCUT2D eigenvalue weighted by Gasteiger charge is 2.22. The molecule has 116 valence electrons. The lowest BCUT2D eigenvalue weighted by Gasteiger charge is -2.23. The van der Waals surface area contributed by atoms with Crippen LogP contribution in [0.2, 0.25) is 0 Å². The van der Waals surface area contributed by atoms with E-state index in [1.165, 1.54) is 18.2 Å². The fourth-order valence-electron chi connectivity index (χ4n) is 2.43. The Morgan fingerprint density at radius 1 is 1.29 bits per heavy atom. The Kier molecular flexibility index (Phi) is 5.76. The largest absolute Gasteiger partial charge is 0.545 e. The second-order valence-electron chi connectivity index (χ2n) is 5.62. The molecule has 0 aromatic heterocycles. The first-order valence-corrected chi connectivity index (χ1v) is 7.19. The molecule has 1 aromatic carbocycles. The molecule has 0 spiro atoms. The lowest BCUT2D eigenvalue weighted by atomic mass is 9.91. The maximum Gasteiger partial charge on any atom is 0.223 e. The molecule has 0 bridgehead atoms. The van der Waals surface area contributed by atoms with Crippen molar-refractivity contribution in [1.82, 2.24) is 5.32 Å². The molecule has 2 atom stereocenters. The normalized spacial score (nSPS) is 13.8. The minimum atomic E-state index is -1.26. The topological polar surface area (TPSA) is 95.2 Å². The number of rotatable bonds is 6. The van der Waals surface area contributed by atoms with Crippen LogP contribution in [0.3, 0.4) is 0 Å². The summed E-state index contributed by atoms with van der Waals surface area (Å²) in [5.41, 5.74) is 6.96. The van der Waals surface area contributed by atoms with E-state index in [9.17, 15) is 14.7 Å². The third-order valence-corrected chi connectivity index (χ3v) is 3.73. The van der Waals surface area contributed by atoms with Gasteiger partial charge in [0, 0.05) is 11.6 Å². The first-order valence-electron chi connectivity index (χ1n) is 7.19. The summed E-state index contributed by atoms with van der Waals surface area (Å²) < 4.78 is 0.